The van der Waals surface area contributed by atoms with Crippen LogP contribution in [0.25, 0.3) is 0 Å². The molecule has 0 amide bonds. The maximum absolute atomic E-state index is 9.33. The summed E-state index contributed by atoms with van der Waals surface area (Å²) in [6, 6.07) is 6.40. The third-order valence-electron chi connectivity index (χ3n) is 2.48. The summed E-state index contributed by atoms with van der Waals surface area (Å²) in [6.45, 7) is 6.41. The Hall–Kier alpha value is -0.470. The predicted octanol–water partition coefficient (Wildman–Crippen LogP) is 2.99. The van der Waals surface area contributed by atoms with Crippen molar-refractivity contribution >= 4 is 11.8 Å². The van der Waals surface area contributed by atoms with Gasteiger partial charge in [-0.25, -0.2) is 0 Å². The van der Waals surface area contributed by atoms with E-state index in [9.17, 15) is 5.11 Å². The molecular weight excluding hydrogens is 192 g/mol. The van der Waals surface area contributed by atoms with Gasteiger partial charge >= 0.3 is 0 Å². The van der Waals surface area contributed by atoms with Crippen molar-refractivity contribution in [2.45, 2.75) is 31.1 Å². The monoisotopic (exact) mass is 210 g/mol. The molecule has 1 aromatic rings. The highest BCUT2D eigenvalue weighted by Crippen LogP contribution is 2.31. The topological polar surface area (TPSA) is 20.2 Å². The summed E-state index contributed by atoms with van der Waals surface area (Å²) in [5.74, 6) is 0. The molecule has 14 heavy (non-hydrogen) atoms. The lowest BCUT2D eigenvalue weighted by Crippen LogP contribution is -2.22. The van der Waals surface area contributed by atoms with Gasteiger partial charge in [0.25, 0.3) is 0 Å². The Labute approximate surface area is 90.5 Å². The second-order valence-corrected chi connectivity index (χ2v) is 5.09. The maximum atomic E-state index is 9.33. The van der Waals surface area contributed by atoms with Crippen molar-refractivity contribution in [3.05, 3.63) is 29.3 Å². The van der Waals surface area contributed by atoms with E-state index in [1.807, 2.05) is 0 Å². The quantitative estimate of drug-likeness (QED) is 0.774. The largest absolute Gasteiger partial charge is 0.395 e. The summed E-state index contributed by atoms with van der Waals surface area (Å²) in [7, 11) is 0. The number of thioether (sulfide) groups is 1. The fraction of sp³-hybridized carbons (Fsp3) is 0.500. The molecule has 1 N–H and O–H groups in total. The van der Waals surface area contributed by atoms with Crippen LogP contribution in [0.15, 0.2) is 23.1 Å². The molecule has 1 rings (SSSR count). The van der Waals surface area contributed by atoms with Crippen LogP contribution < -0.4 is 0 Å². The van der Waals surface area contributed by atoms with Gasteiger partial charge in [0, 0.05) is 10.3 Å². The first-order valence-electron chi connectivity index (χ1n) is 4.77. The van der Waals surface area contributed by atoms with Crippen LogP contribution >= 0.6 is 11.8 Å². The molecule has 0 saturated heterocycles. The zero-order valence-electron chi connectivity index (χ0n) is 9.29. The number of aryl methyl sites for hydroxylation is 1. The number of rotatable bonds is 3. The number of benzene rings is 1. The van der Waals surface area contributed by atoms with Crippen LogP contribution in [0, 0.1) is 6.92 Å². The molecule has 0 aliphatic carbocycles. The van der Waals surface area contributed by atoms with Gasteiger partial charge in [0.05, 0.1) is 6.61 Å². The first-order valence-corrected chi connectivity index (χ1v) is 5.99. The molecule has 1 nitrogen and oxygen atoms in total. The van der Waals surface area contributed by atoms with E-state index in [1.54, 1.807) is 11.8 Å². The van der Waals surface area contributed by atoms with Gasteiger partial charge in [-0.3, -0.25) is 0 Å². The minimum absolute atomic E-state index is 0.147. The molecule has 0 spiro atoms. The fourth-order valence-corrected chi connectivity index (χ4v) is 2.31. The van der Waals surface area contributed by atoms with Gasteiger partial charge in [-0.2, -0.15) is 0 Å². The van der Waals surface area contributed by atoms with Crippen LogP contribution in [0.1, 0.15) is 25.0 Å². The van der Waals surface area contributed by atoms with Crippen LogP contribution in [0.2, 0.25) is 0 Å². The average Bonchev–Trinajstić information content (AvgIpc) is 2.17. The van der Waals surface area contributed by atoms with Gasteiger partial charge in [-0.15, -0.1) is 11.8 Å². The Morgan fingerprint density at radius 1 is 1.36 bits per heavy atom. The molecule has 0 saturated carbocycles. The number of hydrogen-bond donors (Lipinski definition) is 1. The molecule has 0 aromatic heterocycles. The summed E-state index contributed by atoms with van der Waals surface area (Å²) >= 11 is 1.74. The summed E-state index contributed by atoms with van der Waals surface area (Å²) in [5.41, 5.74) is 2.36. The van der Waals surface area contributed by atoms with Gasteiger partial charge < -0.3 is 5.11 Å². The summed E-state index contributed by atoms with van der Waals surface area (Å²) in [6.07, 6.45) is 2.08. The second kappa shape index (κ2) is 4.37. The van der Waals surface area contributed by atoms with Crippen LogP contribution in [0.4, 0.5) is 0 Å². The lowest BCUT2D eigenvalue weighted by atomic mass is 9.85. The Balaban J connectivity index is 3.20. The number of hydrogen-bond acceptors (Lipinski definition) is 2. The highest BCUT2D eigenvalue weighted by Gasteiger charge is 2.22. The SMILES string of the molecule is CSc1cc(C)ccc1C(C)(C)CO. The van der Waals surface area contributed by atoms with E-state index in [4.69, 9.17) is 0 Å². The van der Waals surface area contributed by atoms with Crippen molar-refractivity contribution in [2.75, 3.05) is 12.9 Å². The number of aliphatic hydroxyl groups is 1. The summed E-state index contributed by atoms with van der Waals surface area (Å²) in [4.78, 5) is 1.27. The molecule has 0 bridgehead atoms. The Morgan fingerprint density at radius 3 is 2.50 bits per heavy atom. The van der Waals surface area contributed by atoms with E-state index in [-0.39, 0.29) is 12.0 Å². The molecule has 1 aromatic carbocycles. The van der Waals surface area contributed by atoms with Crippen LogP contribution in [-0.2, 0) is 5.41 Å². The van der Waals surface area contributed by atoms with Crippen LogP contribution in [0.3, 0.4) is 0 Å². The third kappa shape index (κ3) is 2.31. The third-order valence-corrected chi connectivity index (χ3v) is 3.26. The number of aliphatic hydroxyl groups excluding tert-OH is 1. The van der Waals surface area contributed by atoms with E-state index in [0.29, 0.717) is 0 Å². The zero-order valence-corrected chi connectivity index (χ0v) is 10.1. The minimum atomic E-state index is -0.147. The molecule has 0 aliphatic heterocycles. The van der Waals surface area contributed by atoms with E-state index >= 15 is 0 Å². The fourth-order valence-electron chi connectivity index (χ4n) is 1.44. The van der Waals surface area contributed by atoms with Crippen LogP contribution in [-0.4, -0.2) is 18.0 Å². The maximum Gasteiger partial charge on any atom is 0.0523 e. The molecule has 0 radical (unpaired) electrons. The lowest BCUT2D eigenvalue weighted by Gasteiger charge is -2.25. The van der Waals surface area contributed by atoms with Crippen molar-refractivity contribution in [3.63, 3.8) is 0 Å². The van der Waals surface area contributed by atoms with Crippen molar-refractivity contribution in [2.24, 2.45) is 0 Å². The van der Waals surface area contributed by atoms with E-state index in [0.717, 1.165) is 0 Å². The van der Waals surface area contributed by atoms with Gasteiger partial charge in [0.2, 0.25) is 0 Å². The molecule has 2 heteroatoms. The van der Waals surface area contributed by atoms with E-state index < -0.39 is 0 Å². The Kier molecular flexibility index (Phi) is 3.62. The molecule has 0 unspecified atom stereocenters. The molecule has 0 fully saturated rings. The molecule has 0 atom stereocenters. The summed E-state index contributed by atoms with van der Waals surface area (Å²) < 4.78 is 0. The average molecular weight is 210 g/mol. The van der Waals surface area contributed by atoms with Gasteiger partial charge in [0.15, 0.2) is 0 Å². The van der Waals surface area contributed by atoms with Crippen molar-refractivity contribution in [3.8, 4) is 0 Å². The predicted molar refractivity (Wildman–Crippen MR) is 63.1 cm³/mol. The Morgan fingerprint density at radius 2 is 2.00 bits per heavy atom. The lowest BCUT2D eigenvalue weighted by molar-refractivity contribution is 0.216. The smallest absolute Gasteiger partial charge is 0.0523 e. The summed E-state index contributed by atoms with van der Waals surface area (Å²) in [5, 5.41) is 9.33. The highest BCUT2D eigenvalue weighted by molar-refractivity contribution is 7.98. The highest BCUT2D eigenvalue weighted by atomic mass is 32.2. The zero-order chi connectivity index (χ0) is 10.8. The molecule has 0 aliphatic rings. The van der Waals surface area contributed by atoms with E-state index in [2.05, 4.69) is 45.2 Å². The van der Waals surface area contributed by atoms with Crippen LogP contribution in [0.5, 0.6) is 0 Å². The van der Waals surface area contributed by atoms with Gasteiger partial charge in [-0.1, -0.05) is 31.5 Å². The van der Waals surface area contributed by atoms with Gasteiger partial charge in [-0.05, 0) is 24.8 Å². The Bertz CT molecular complexity index is 318. The van der Waals surface area contributed by atoms with Crippen molar-refractivity contribution < 1.29 is 5.11 Å². The molecule has 78 valence electrons. The minimum Gasteiger partial charge on any atom is -0.395 e. The normalized spacial score (nSPS) is 11.8. The first-order chi connectivity index (χ1) is 6.51. The standard InChI is InChI=1S/C12H18OS/c1-9-5-6-10(11(7-9)14-4)12(2,3)8-13/h5-7,13H,8H2,1-4H3. The first kappa shape index (κ1) is 11.6. The molecular formula is C12H18OS. The van der Waals surface area contributed by atoms with E-state index in [1.165, 1.54) is 16.0 Å². The van der Waals surface area contributed by atoms with Crippen molar-refractivity contribution in [1.29, 1.82) is 0 Å². The van der Waals surface area contributed by atoms with Gasteiger partial charge in [0.1, 0.15) is 0 Å². The van der Waals surface area contributed by atoms with Crippen molar-refractivity contribution in [1.82, 2.24) is 0 Å². The second-order valence-electron chi connectivity index (χ2n) is 4.25. The molecule has 0 heterocycles.